The first kappa shape index (κ1) is 16.2. The first-order chi connectivity index (χ1) is 12.6. The number of aryl methyl sites for hydroxylation is 1. The number of ether oxygens (including phenoxy) is 1. The molecule has 0 atom stereocenters. The number of carbonyl (C=O) groups is 1. The summed E-state index contributed by atoms with van der Waals surface area (Å²) in [4.78, 5) is 15.9. The smallest absolute Gasteiger partial charge is 0.342 e. The first-order valence-electron chi connectivity index (χ1n) is 8.60. The van der Waals surface area contributed by atoms with Gasteiger partial charge in [0.2, 0.25) is 0 Å². The minimum atomic E-state index is -0.518. The number of nitrogens with one attached hydrogen (secondary N) is 1. The van der Waals surface area contributed by atoms with E-state index < -0.39 is 5.97 Å². The van der Waals surface area contributed by atoms with E-state index in [9.17, 15) is 9.90 Å². The van der Waals surface area contributed by atoms with Crippen LogP contribution in [0.4, 0.5) is 0 Å². The largest absolute Gasteiger partial charge is 0.507 e. The quantitative estimate of drug-likeness (QED) is 0.503. The normalized spacial score (nSPS) is 11.2. The average molecular weight is 345 g/mol. The van der Waals surface area contributed by atoms with Crippen molar-refractivity contribution < 1.29 is 14.6 Å². The Morgan fingerprint density at radius 1 is 1.12 bits per heavy atom. The molecule has 0 fully saturated rings. The van der Waals surface area contributed by atoms with Crippen LogP contribution < -0.4 is 0 Å². The van der Waals surface area contributed by atoms with Crippen molar-refractivity contribution in [2.75, 3.05) is 6.61 Å². The fourth-order valence-electron chi connectivity index (χ4n) is 3.38. The molecule has 4 heteroatoms. The van der Waals surface area contributed by atoms with Crippen LogP contribution in [0.5, 0.6) is 5.75 Å². The molecule has 0 aliphatic rings. The molecule has 0 radical (unpaired) electrons. The molecule has 4 rings (SSSR count). The fraction of sp³-hybridized carbons (Fsp3) is 0.136. The SMILES string of the molecule is CCOC(=O)c1c(O)cc(-c2ccc(C)cc2)c2[nH]c3ccccc3c12. The lowest BCUT2D eigenvalue weighted by molar-refractivity contribution is 0.0525. The third-order valence-corrected chi connectivity index (χ3v) is 4.60. The summed E-state index contributed by atoms with van der Waals surface area (Å²) in [7, 11) is 0. The maximum atomic E-state index is 12.5. The summed E-state index contributed by atoms with van der Waals surface area (Å²) in [6, 6.07) is 17.5. The minimum Gasteiger partial charge on any atom is -0.507 e. The first-order valence-corrected chi connectivity index (χ1v) is 8.60. The highest BCUT2D eigenvalue weighted by atomic mass is 16.5. The Bertz CT molecular complexity index is 1120. The summed E-state index contributed by atoms with van der Waals surface area (Å²) < 4.78 is 5.18. The monoisotopic (exact) mass is 345 g/mol. The lowest BCUT2D eigenvalue weighted by atomic mass is 9.97. The van der Waals surface area contributed by atoms with Crippen molar-refractivity contribution >= 4 is 27.8 Å². The van der Waals surface area contributed by atoms with Crippen LogP contribution in [0, 0.1) is 6.92 Å². The van der Waals surface area contributed by atoms with Gasteiger partial charge in [-0.1, -0.05) is 48.0 Å². The zero-order valence-corrected chi connectivity index (χ0v) is 14.7. The van der Waals surface area contributed by atoms with Crippen LogP contribution >= 0.6 is 0 Å². The lowest BCUT2D eigenvalue weighted by Gasteiger charge is -2.11. The van der Waals surface area contributed by atoms with Crippen molar-refractivity contribution in [3.05, 3.63) is 65.7 Å². The van der Waals surface area contributed by atoms with Crippen LogP contribution in [0.25, 0.3) is 32.9 Å². The van der Waals surface area contributed by atoms with Crippen LogP contribution in [0.1, 0.15) is 22.8 Å². The minimum absolute atomic E-state index is 0.0729. The molecule has 2 N–H and O–H groups in total. The second kappa shape index (κ2) is 6.23. The van der Waals surface area contributed by atoms with Gasteiger partial charge in [-0.25, -0.2) is 4.79 Å². The molecule has 0 spiro atoms. The summed E-state index contributed by atoms with van der Waals surface area (Å²) in [5, 5.41) is 12.2. The number of benzene rings is 3. The van der Waals surface area contributed by atoms with E-state index in [0.717, 1.165) is 33.1 Å². The molecule has 1 aromatic heterocycles. The number of phenolic OH excluding ortho intramolecular Hbond substituents is 1. The number of phenols is 1. The Balaban J connectivity index is 2.11. The molecule has 0 saturated heterocycles. The lowest BCUT2D eigenvalue weighted by Crippen LogP contribution is -2.06. The zero-order chi connectivity index (χ0) is 18.3. The summed E-state index contributed by atoms with van der Waals surface area (Å²) in [5.74, 6) is -0.591. The number of para-hydroxylation sites is 1. The van der Waals surface area contributed by atoms with E-state index in [-0.39, 0.29) is 17.9 Å². The van der Waals surface area contributed by atoms with Gasteiger partial charge >= 0.3 is 5.97 Å². The van der Waals surface area contributed by atoms with Crippen molar-refractivity contribution in [1.82, 2.24) is 4.98 Å². The molecule has 3 aromatic carbocycles. The van der Waals surface area contributed by atoms with Crippen molar-refractivity contribution in [2.24, 2.45) is 0 Å². The number of fused-ring (bicyclic) bond motifs is 3. The summed E-state index contributed by atoms with van der Waals surface area (Å²) >= 11 is 0. The van der Waals surface area contributed by atoms with Crippen LogP contribution in [0.3, 0.4) is 0 Å². The fourth-order valence-corrected chi connectivity index (χ4v) is 3.38. The Kier molecular flexibility index (Phi) is 3.88. The molecule has 0 aliphatic heterocycles. The third kappa shape index (κ3) is 2.51. The highest BCUT2D eigenvalue weighted by Crippen LogP contribution is 2.40. The van der Waals surface area contributed by atoms with Gasteiger partial charge in [0.1, 0.15) is 11.3 Å². The van der Waals surface area contributed by atoms with Gasteiger partial charge in [0.15, 0.2) is 0 Å². The van der Waals surface area contributed by atoms with Gasteiger partial charge in [0, 0.05) is 21.9 Å². The Hall–Kier alpha value is -3.27. The molecule has 26 heavy (non-hydrogen) atoms. The molecular formula is C22H19NO3. The van der Waals surface area contributed by atoms with E-state index in [1.165, 1.54) is 0 Å². The summed E-state index contributed by atoms with van der Waals surface area (Å²) in [5.41, 5.74) is 4.91. The zero-order valence-electron chi connectivity index (χ0n) is 14.7. The molecular weight excluding hydrogens is 326 g/mol. The van der Waals surface area contributed by atoms with Crippen molar-refractivity contribution in [3.63, 3.8) is 0 Å². The van der Waals surface area contributed by atoms with E-state index in [1.54, 1.807) is 13.0 Å². The Morgan fingerprint density at radius 3 is 2.58 bits per heavy atom. The molecule has 1 heterocycles. The molecule has 0 bridgehead atoms. The molecule has 0 unspecified atom stereocenters. The maximum absolute atomic E-state index is 12.5. The number of hydrogen-bond acceptors (Lipinski definition) is 3. The number of aromatic hydroxyl groups is 1. The van der Waals surface area contributed by atoms with Gasteiger partial charge in [0.05, 0.1) is 12.1 Å². The van der Waals surface area contributed by atoms with E-state index in [1.807, 2.05) is 55.5 Å². The molecule has 0 saturated carbocycles. The average Bonchev–Trinajstić information content (AvgIpc) is 3.01. The number of aromatic amines is 1. The number of rotatable bonds is 3. The second-order valence-corrected chi connectivity index (χ2v) is 6.33. The summed E-state index contributed by atoms with van der Waals surface area (Å²) in [6.07, 6.45) is 0. The van der Waals surface area contributed by atoms with Crippen LogP contribution in [-0.2, 0) is 4.74 Å². The molecule has 0 amide bonds. The second-order valence-electron chi connectivity index (χ2n) is 6.33. The third-order valence-electron chi connectivity index (χ3n) is 4.60. The van der Waals surface area contributed by atoms with Crippen molar-refractivity contribution in [2.45, 2.75) is 13.8 Å². The van der Waals surface area contributed by atoms with E-state index in [2.05, 4.69) is 4.98 Å². The van der Waals surface area contributed by atoms with E-state index >= 15 is 0 Å². The highest BCUT2D eigenvalue weighted by Gasteiger charge is 2.23. The standard InChI is InChI=1S/C22H19NO3/c1-3-26-22(25)20-18(24)12-16(14-10-8-13(2)9-11-14)21-19(20)15-6-4-5-7-17(15)23-21/h4-12,23-24H,3H2,1-2H3. The van der Waals surface area contributed by atoms with Gasteiger partial charge in [-0.15, -0.1) is 0 Å². The molecule has 4 aromatic rings. The predicted molar refractivity (Wildman–Crippen MR) is 104 cm³/mol. The van der Waals surface area contributed by atoms with Gasteiger partial charge in [-0.3, -0.25) is 0 Å². The Morgan fingerprint density at radius 2 is 1.85 bits per heavy atom. The van der Waals surface area contributed by atoms with Gasteiger partial charge < -0.3 is 14.8 Å². The van der Waals surface area contributed by atoms with Crippen molar-refractivity contribution in [1.29, 1.82) is 0 Å². The van der Waals surface area contributed by atoms with Crippen LogP contribution in [-0.4, -0.2) is 22.7 Å². The molecule has 0 aliphatic carbocycles. The summed E-state index contributed by atoms with van der Waals surface area (Å²) in [6.45, 7) is 4.04. The predicted octanol–water partition coefficient (Wildman–Crippen LogP) is 5.18. The van der Waals surface area contributed by atoms with Gasteiger partial charge in [-0.2, -0.15) is 0 Å². The number of H-pyrrole nitrogens is 1. The highest BCUT2D eigenvalue weighted by molar-refractivity contribution is 6.21. The van der Waals surface area contributed by atoms with E-state index in [4.69, 9.17) is 4.74 Å². The number of aromatic nitrogens is 1. The Labute approximate surface area is 151 Å². The number of carbonyl (C=O) groups excluding carboxylic acids is 1. The van der Waals surface area contributed by atoms with Crippen molar-refractivity contribution in [3.8, 4) is 16.9 Å². The topological polar surface area (TPSA) is 62.3 Å². The molecule has 4 nitrogen and oxygen atoms in total. The van der Waals surface area contributed by atoms with Gasteiger partial charge in [-0.05, 0) is 31.5 Å². The van der Waals surface area contributed by atoms with Crippen LogP contribution in [0.15, 0.2) is 54.6 Å². The molecule has 130 valence electrons. The van der Waals surface area contributed by atoms with E-state index in [0.29, 0.717) is 5.39 Å². The number of hydrogen-bond donors (Lipinski definition) is 2. The maximum Gasteiger partial charge on any atom is 0.342 e. The van der Waals surface area contributed by atoms with Crippen LogP contribution in [0.2, 0.25) is 0 Å². The number of esters is 1. The van der Waals surface area contributed by atoms with Gasteiger partial charge in [0.25, 0.3) is 0 Å².